The molecular formula is C10H16OSn. The molecule has 0 bridgehead atoms. The monoisotopic (exact) mass is 272 g/mol. The van der Waals surface area contributed by atoms with Crippen molar-refractivity contribution in [3.8, 4) is 11.1 Å². The van der Waals surface area contributed by atoms with Gasteiger partial charge in [-0.05, 0) is 18.1 Å². The molecule has 2 aliphatic rings. The minimum Gasteiger partial charge on any atom is -0.0538 e. The molecule has 0 aromatic carbocycles. The number of aliphatic hydroxyl groups excluding tert-OH is 1. The van der Waals surface area contributed by atoms with Gasteiger partial charge in [0.1, 0.15) is 0 Å². The molecule has 0 fully saturated rings. The van der Waals surface area contributed by atoms with Gasteiger partial charge in [0.25, 0.3) is 0 Å². The molecule has 1 nitrogen and oxygen atoms in total. The van der Waals surface area contributed by atoms with E-state index in [1.807, 2.05) is 0 Å². The number of benzene rings is 1. The zero-order chi connectivity index (χ0) is 9.40. The minimum absolute atomic E-state index is 0.230. The summed E-state index contributed by atoms with van der Waals surface area (Å²) in [5.41, 5.74) is 2.85. The Hall–Kier alpha value is -0.0213. The predicted octanol–water partition coefficient (Wildman–Crippen LogP) is 2.45. The van der Waals surface area contributed by atoms with Crippen LogP contribution < -0.4 is 0 Å². The Morgan fingerprint density at radius 2 is 1.25 bits per heavy atom. The van der Waals surface area contributed by atoms with E-state index in [9.17, 15) is 0 Å². The first-order chi connectivity index (χ1) is 5.79. The van der Waals surface area contributed by atoms with Crippen LogP contribution in [0.15, 0.2) is 24.3 Å². The SMILES string of the molecule is CCO.[CH3][Sn][CH3].c1cc2ccc1-2. The quantitative estimate of drug-likeness (QED) is 0.730. The molecule has 0 amide bonds. The molecule has 0 aromatic rings. The van der Waals surface area contributed by atoms with Gasteiger partial charge in [0.2, 0.25) is 0 Å². The van der Waals surface area contributed by atoms with Crippen molar-refractivity contribution in [3.05, 3.63) is 24.3 Å². The number of fused-ring (bicyclic) bond motifs is 1. The van der Waals surface area contributed by atoms with Crippen LogP contribution in [0.5, 0.6) is 0 Å². The van der Waals surface area contributed by atoms with Gasteiger partial charge in [-0.25, -0.2) is 0 Å². The summed E-state index contributed by atoms with van der Waals surface area (Å²) in [7, 11) is 0. The standard InChI is InChI=1S/C6H4.C2H6O.2CH3.Sn/c1-2-6-4-3-5(1)6;1-2-3;;;/h1-4H;3H,2H2,1H3;2*1H3;. The van der Waals surface area contributed by atoms with Crippen LogP contribution in [-0.2, 0) is 0 Å². The maximum absolute atomic E-state index is 7.57. The molecular weight excluding hydrogens is 255 g/mol. The van der Waals surface area contributed by atoms with Crippen LogP contribution in [-0.4, -0.2) is 32.9 Å². The molecule has 2 radical (unpaired) electrons. The molecule has 0 saturated carbocycles. The Kier molecular flexibility index (Phi) is 7.61. The van der Waals surface area contributed by atoms with Gasteiger partial charge in [-0.3, -0.25) is 0 Å². The molecule has 0 aliphatic heterocycles. The van der Waals surface area contributed by atoms with E-state index in [4.69, 9.17) is 5.11 Å². The second-order valence-corrected chi connectivity index (χ2v) is 5.25. The molecule has 66 valence electrons. The Bertz CT molecular complexity index is 170. The van der Waals surface area contributed by atoms with Crippen molar-refractivity contribution in [1.82, 2.24) is 0 Å². The molecule has 0 atom stereocenters. The van der Waals surface area contributed by atoms with Gasteiger partial charge in [-0.1, -0.05) is 24.3 Å². The Morgan fingerprint density at radius 1 is 1.08 bits per heavy atom. The third-order valence-corrected chi connectivity index (χ3v) is 1.22. The third kappa shape index (κ3) is 4.12. The summed E-state index contributed by atoms with van der Waals surface area (Å²) < 4.78 is 0. The van der Waals surface area contributed by atoms with Crippen LogP contribution in [0.25, 0.3) is 11.1 Å². The van der Waals surface area contributed by atoms with E-state index < -0.39 is 0 Å². The van der Waals surface area contributed by atoms with Gasteiger partial charge in [0, 0.05) is 6.61 Å². The van der Waals surface area contributed by atoms with Gasteiger partial charge >= 0.3 is 31.0 Å². The molecule has 0 saturated heterocycles. The van der Waals surface area contributed by atoms with E-state index in [1.54, 1.807) is 6.92 Å². The van der Waals surface area contributed by atoms with E-state index in [0.29, 0.717) is 0 Å². The van der Waals surface area contributed by atoms with Crippen molar-refractivity contribution in [2.75, 3.05) is 6.61 Å². The predicted molar refractivity (Wildman–Crippen MR) is 55.7 cm³/mol. The van der Waals surface area contributed by atoms with Gasteiger partial charge in [-0.2, -0.15) is 0 Å². The summed E-state index contributed by atoms with van der Waals surface area (Å²) in [5, 5.41) is 7.57. The fraction of sp³-hybridized carbons (Fsp3) is 0.400. The Balaban J connectivity index is 0.000000177. The molecule has 2 rings (SSSR count). The molecule has 1 N–H and O–H groups in total. The first-order valence-electron chi connectivity index (χ1n) is 4.09. The van der Waals surface area contributed by atoms with Crippen molar-refractivity contribution < 1.29 is 5.11 Å². The van der Waals surface area contributed by atoms with E-state index in [0.717, 1.165) is 0 Å². The number of aliphatic hydroxyl groups is 1. The van der Waals surface area contributed by atoms with Crippen molar-refractivity contribution in [2.45, 2.75) is 16.8 Å². The summed E-state index contributed by atoms with van der Waals surface area (Å²) in [6.45, 7) is 1.93. The fourth-order valence-electron chi connectivity index (χ4n) is 0.663. The average Bonchev–Trinajstić information content (AvgIpc) is 2.00. The van der Waals surface area contributed by atoms with E-state index in [1.165, 1.54) is 11.1 Å². The Labute approximate surface area is 85.0 Å². The number of hydrogen-bond donors (Lipinski definition) is 1. The second kappa shape index (κ2) is 7.62. The van der Waals surface area contributed by atoms with Crippen molar-refractivity contribution in [1.29, 1.82) is 0 Å². The van der Waals surface area contributed by atoms with Gasteiger partial charge in [0.05, 0.1) is 0 Å². The molecule has 0 aromatic heterocycles. The first-order valence-corrected chi connectivity index (χ1v) is 9.80. The molecule has 0 unspecified atom stereocenters. The smallest absolute Gasteiger partial charge is 0.0184 e. The summed E-state index contributed by atoms with van der Waals surface area (Å²) >= 11 is 0.230. The third-order valence-electron chi connectivity index (χ3n) is 1.22. The topological polar surface area (TPSA) is 20.2 Å². The van der Waals surface area contributed by atoms with E-state index in [-0.39, 0.29) is 27.7 Å². The minimum atomic E-state index is 0.230. The molecule has 12 heavy (non-hydrogen) atoms. The zero-order valence-corrected chi connectivity index (χ0v) is 10.8. The zero-order valence-electron chi connectivity index (χ0n) is 7.96. The average molecular weight is 271 g/mol. The largest absolute Gasteiger partial charge is 0.0538 e. The van der Waals surface area contributed by atoms with E-state index in [2.05, 4.69) is 34.1 Å². The maximum Gasteiger partial charge on any atom is -0.0184 e. The van der Waals surface area contributed by atoms with Crippen LogP contribution in [0, 0.1) is 0 Å². The normalized spacial score (nSPS) is 8.67. The van der Waals surface area contributed by atoms with Gasteiger partial charge in [-0.15, -0.1) is 0 Å². The summed E-state index contributed by atoms with van der Waals surface area (Å²) in [6, 6.07) is 8.48. The van der Waals surface area contributed by atoms with Crippen LogP contribution in [0.3, 0.4) is 0 Å². The second-order valence-electron chi connectivity index (χ2n) is 2.39. The van der Waals surface area contributed by atoms with Crippen LogP contribution >= 0.6 is 0 Å². The number of hydrogen-bond acceptors (Lipinski definition) is 1. The first kappa shape index (κ1) is 12.0. The van der Waals surface area contributed by atoms with Crippen LogP contribution in [0.4, 0.5) is 0 Å². The summed E-state index contributed by atoms with van der Waals surface area (Å²) in [5.74, 6) is 0. The Morgan fingerprint density at radius 3 is 1.25 bits per heavy atom. The van der Waals surface area contributed by atoms with Crippen LogP contribution in [0.1, 0.15) is 6.92 Å². The maximum atomic E-state index is 7.57. The van der Waals surface area contributed by atoms with E-state index >= 15 is 0 Å². The summed E-state index contributed by atoms with van der Waals surface area (Å²) in [4.78, 5) is 4.59. The van der Waals surface area contributed by atoms with Crippen molar-refractivity contribution in [2.24, 2.45) is 0 Å². The van der Waals surface area contributed by atoms with Crippen molar-refractivity contribution >= 4 is 21.1 Å². The summed E-state index contributed by atoms with van der Waals surface area (Å²) in [6.07, 6.45) is 0. The van der Waals surface area contributed by atoms with Gasteiger partial charge < -0.3 is 5.11 Å². The van der Waals surface area contributed by atoms with Crippen LogP contribution in [0.2, 0.25) is 9.88 Å². The molecule has 0 spiro atoms. The molecule has 0 heterocycles. The van der Waals surface area contributed by atoms with Gasteiger partial charge in [0.15, 0.2) is 0 Å². The number of rotatable bonds is 0. The van der Waals surface area contributed by atoms with Crippen molar-refractivity contribution in [3.63, 3.8) is 0 Å². The molecule has 2 aliphatic carbocycles. The fourth-order valence-corrected chi connectivity index (χ4v) is 0.663. The molecule has 2 heteroatoms.